The molecule has 0 saturated heterocycles. The van der Waals surface area contributed by atoms with Crippen LogP contribution in [0.4, 0.5) is 16.2 Å². The lowest BCUT2D eigenvalue weighted by Crippen LogP contribution is -2.38. The van der Waals surface area contributed by atoms with Crippen molar-refractivity contribution in [1.29, 1.82) is 0 Å². The van der Waals surface area contributed by atoms with Crippen LogP contribution in [-0.2, 0) is 16.0 Å². The molecule has 3 N–H and O–H groups in total. The van der Waals surface area contributed by atoms with Crippen molar-refractivity contribution in [1.82, 2.24) is 5.32 Å². The molecule has 6 nitrogen and oxygen atoms in total. The monoisotopic (exact) mass is 380 g/mol. The van der Waals surface area contributed by atoms with Crippen molar-refractivity contribution in [2.45, 2.75) is 33.2 Å². The number of hydrogen-bond acceptors (Lipinski definition) is 3. The SMILES string of the molecule is Cc1ccccc1NC(=O)Nc1ccc(CC(=O)N[C@@H]([CH]C(C)C)C=O)cc1. The highest BCUT2D eigenvalue weighted by Gasteiger charge is 2.13. The van der Waals surface area contributed by atoms with E-state index in [2.05, 4.69) is 16.0 Å². The van der Waals surface area contributed by atoms with Crippen molar-refractivity contribution in [3.05, 3.63) is 66.1 Å². The zero-order valence-corrected chi connectivity index (χ0v) is 16.4. The van der Waals surface area contributed by atoms with Gasteiger partial charge in [0.25, 0.3) is 0 Å². The van der Waals surface area contributed by atoms with Crippen molar-refractivity contribution >= 4 is 29.6 Å². The first-order chi connectivity index (χ1) is 13.4. The van der Waals surface area contributed by atoms with Gasteiger partial charge in [-0.25, -0.2) is 4.79 Å². The normalized spacial score (nSPS) is 11.6. The molecule has 0 unspecified atom stereocenters. The summed E-state index contributed by atoms with van der Waals surface area (Å²) in [5.74, 6) is -0.0290. The minimum Gasteiger partial charge on any atom is -0.346 e. The number of aryl methyl sites for hydroxylation is 1. The van der Waals surface area contributed by atoms with Gasteiger partial charge in [0.2, 0.25) is 5.91 Å². The molecule has 1 radical (unpaired) electrons. The van der Waals surface area contributed by atoms with Gasteiger partial charge in [-0.3, -0.25) is 4.79 Å². The number of benzene rings is 2. The second-order valence-electron chi connectivity index (χ2n) is 6.93. The van der Waals surface area contributed by atoms with E-state index in [4.69, 9.17) is 0 Å². The number of carbonyl (C=O) groups excluding carboxylic acids is 3. The molecular formula is C22H26N3O3. The summed E-state index contributed by atoms with van der Waals surface area (Å²) >= 11 is 0. The first-order valence-electron chi connectivity index (χ1n) is 9.19. The Morgan fingerprint density at radius 2 is 1.68 bits per heavy atom. The largest absolute Gasteiger partial charge is 0.346 e. The van der Waals surface area contributed by atoms with Gasteiger partial charge in [0.05, 0.1) is 12.5 Å². The highest BCUT2D eigenvalue weighted by atomic mass is 16.2. The van der Waals surface area contributed by atoms with Gasteiger partial charge in [-0.05, 0) is 48.6 Å². The predicted octanol–water partition coefficient (Wildman–Crippen LogP) is 3.73. The summed E-state index contributed by atoms with van der Waals surface area (Å²) in [4.78, 5) is 35.2. The van der Waals surface area contributed by atoms with E-state index in [1.54, 1.807) is 30.7 Å². The maximum Gasteiger partial charge on any atom is 0.323 e. The van der Waals surface area contributed by atoms with Crippen LogP contribution in [0.15, 0.2) is 48.5 Å². The summed E-state index contributed by atoms with van der Waals surface area (Å²) in [6.45, 7) is 5.82. The van der Waals surface area contributed by atoms with Crippen LogP contribution in [0.25, 0.3) is 0 Å². The molecule has 0 saturated carbocycles. The lowest BCUT2D eigenvalue weighted by molar-refractivity contribution is -0.123. The quantitative estimate of drug-likeness (QED) is 0.610. The van der Waals surface area contributed by atoms with E-state index in [0.717, 1.165) is 23.1 Å². The highest BCUT2D eigenvalue weighted by molar-refractivity contribution is 6.00. The number of urea groups is 1. The fourth-order valence-corrected chi connectivity index (χ4v) is 2.67. The van der Waals surface area contributed by atoms with Gasteiger partial charge in [-0.15, -0.1) is 0 Å². The maximum atomic E-state index is 12.1. The van der Waals surface area contributed by atoms with Crippen molar-refractivity contribution in [2.24, 2.45) is 5.92 Å². The lowest BCUT2D eigenvalue weighted by atomic mass is 10.0. The minimum atomic E-state index is -0.585. The van der Waals surface area contributed by atoms with Gasteiger partial charge in [-0.1, -0.05) is 44.2 Å². The molecule has 0 spiro atoms. The van der Waals surface area contributed by atoms with Crippen LogP contribution in [-0.4, -0.2) is 24.3 Å². The number of amides is 3. The fraction of sp³-hybridized carbons (Fsp3) is 0.273. The van der Waals surface area contributed by atoms with Crippen LogP contribution in [0.1, 0.15) is 25.0 Å². The smallest absolute Gasteiger partial charge is 0.323 e. The van der Waals surface area contributed by atoms with E-state index < -0.39 is 6.04 Å². The third-order valence-corrected chi connectivity index (χ3v) is 4.04. The standard InChI is InChI=1S/C22H26N3O3/c1-15(2)12-19(14-26)23-21(27)13-17-8-10-18(11-9-17)24-22(28)25-20-7-5-4-6-16(20)3/h4-12,14-15,19H,13H2,1-3H3,(H,23,27)(H2,24,25,28)/t19-/m0/s1. The zero-order valence-electron chi connectivity index (χ0n) is 16.4. The Bertz CT molecular complexity index is 816. The number of aldehydes is 1. The summed E-state index contributed by atoms with van der Waals surface area (Å²) < 4.78 is 0. The third-order valence-electron chi connectivity index (χ3n) is 4.04. The molecule has 0 aliphatic carbocycles. The second kappa shape index (κ2) is 10.3. The number of anilines is 2. The van der Waals surface area contributed by atoms with Crippen LogP contribution >= 0.6 is 0 Å². The molecule has 28 heavy (non-hydrogen) atoms. The van der Waals surface area contributed by atoms with E-state index in [-0.39, 0.29) is 24.3 Å². The molecule has 3 amide bonds. The first-order valence-corrected chi connectivity index (χ1v) is 9.19. The number of nitrogens with one attached hydrogen (secondary N) is 3. The molecule has 0 bridgehead atoms. The van der Waals surface area contributed by atoms with Crippen LogP contribution < -0.4 is 16.0 Å². The van der Waals surface area contributed by atoms with Gasteiger partial charge >= 0.3 is 6.03 Å². The molecule has 1 atom stereocenters. The maximum absolute atomic E-state index is 12.1. The van der Waals surface area contributed by atoms with Crippen molar-refractivity contribution < 1.29 is 14.4 Å². The topological polar surface area (TPSA) is 87.3 Å². The number of para-hydroxylation sites is 1. The molecule has 2 aromatic rings. The molecule has 0 heterocycles. The van der Waals surface area contributed by atoms with Crippen LogP contribution in [0, 0.1) is 19.3 Å². The summed E-state index contributed by atoms with van der Waals surface area (Å²) in [7, 11) is 0. The molecule has 2 rings (SSSR count). The predicted molar refractivity (Wildman–Crippen MR) is 111 cm³/mol. The summed E-state index contributed by atoms with van der Waals surface area (Å²) in [5, 5.41) is 8.24. The Morgan fingerprint density at radius 1 is 1.00 bits per heavy atom. The lowest BCUT2D eigenvalue weighted by Gasteiger charge is -2.14. The zero-order chi connectivity index (χ0) is 20.5. The molecule has 0 aromatic heterocycles. The Labute approximate surface area is 165 Å². The molecule has 147 valence electrons. The van der Waals surface area contributed by atoms with Gasteiger partial charge < -0.3 is 20.7 Å². The Kier molecular flexibility index (Phi) is 7.75. The summed E-state index contributed by atoms with van der Waals surface area (Å²) in [5.41, 5.74) is 3.13. The average Bonchev–Trinajstić information content (AvgIpc) is 2.64. The van der Waals surface area contributed by atoms with E-state index >= 15 is 0 Å². The van der Waals surface area contributed by atoms with Crippen molar-refractivity contribution in [3.8, 4) is 0 Å². The van der Waals surface area contributed by atoms with Gasteiger partial charge in [0.15, 0.2) is 0 Å². The highest BCUT2D eigenvalue weighted by Crippen LogP contribution is 2.15. The molecule has 6 heteroatoms. The van der Waals surface area contributed by atoms with Crippen LogP contribution in [0.3, 0.4) is 0 Å². The summed E-state index contributed by atoms with van der Waals surface area (Å²) in [6.07, 6.45) is 2.66. The van der Waals surface area contributed by atoms with Crippen LogP contribution in [0.2, 0.25) is 0 Å². The number of carbonyl (C=O) groups is 3. The molecule has 0 aliphatic heterocycles. The fourth-order valence-electron chi connectivity index (χ4n) is 2.67. The van der Waals surface area contributed by atoms with Crippen LogP contribution in [0.5, 0.6) is 0 Å². The Morgan fingerprint density at radius 3 is 2.29 bits per heavy atom. The first kappa shape index (κ1) is 21.2. The number of hydrogen-bond donors (Lipinski definition) is 3. The summed E-state index contributed by atoms with van der Waals surface area (Å²) in [6, 6.07) is 13.6. The van der Waals surface area contributed by atoms with Gasteiger partial charge in [-0.2, -0.15) is 0 Å². The molecule has 0 aliphatic rings. The minimum absolute atomic E-state index is 0.159. The third kappa shape index (κ3) is 6.87. The average molecular weight is 380 g/mol. The molecule has 0 fully saturated rings. The number of rotatable bonds is 8. The van der Waals surface area contributed by atoms with Gasteiger partial charge in [0, 0.05) is 11.4 Å². The Hall–Kier alpha value is -3.15. The van der Waals surface area contributed by atoms with Gasteiger partial charge in [0.1, 0.15) is 6.29 Å². The molecule has 2 aromatic carbocycles. The second-order valence-corrected chi connectivity index (χ2v) is 6.93. The van der Waals surface area contributed by atoms with Crippen molar-refractivity contribution in [3.63, 3.8) is 0 Å². The Balaban J connectivity index is 1.87. The van der Waals surface area contributed by atoms with E-state index in [1.165, 1.54) is 0 Å². The van der Waals surface area contributed by atoms with Crippen molar-refractivity contribution in [2.75, 3.05) is 10.6 Å². The van der Waals surface area contributed by atoms with E-state index in [0.29, 0.717) is 5.69 Å². The van der Waals surface area contributed by atoms with E-state index in [9.17, 15) is 14.4 Å². The van der Waals surface area contributed by atoms with E-state index in [1.807, 2.05) is 45.0 Å². The molecular weight excluding hydrogens is 354 g/mol.